The molecule has 2 aromatic rings. The molecule has 0 radical (unpaired) electrons. The first-order valence-corrected chi connectivity index (χ1v) is 9.47. The van der Waals surface area contributed by atoms with Gasteiger partial charge in [-0.25, -0.2) is 4.79 Å². The molecule has 0 aliphatic heterocycles. The molecule has 30 heavy (non-hydrogen) atoms. The fourth-order valence-electron chi connectivity index (χ4n) is 2.62. The van der Waals surface area contributed by atoms with Gasteiger partial charge in [-0.15, -0.1) is 0 Å². The number of esters is 1. The molecule has 0 fully saturated rings. The van der Waals surface area contributed by atoms with Gasteiger partial charge in [-0.2, -0.15) is 5.26 Å². The molecule has 156 valence electrons. The zero-order valence-corrected chi connectivity index (χ0v) is 17.2. The van der Waals surface area contributed by atoms with E-state index in [-0.39, 0.29) is 22.6 Å². The summed E-state index contributed by atoms with van der Waals surface area (Å²) in [6.07, 6.45) is 3.23. The van der Waals surface area contributed by atoms with Crippen LogP contribution in [0.2, 0.25) is 0 Å². The first-order valence-electron chi connectivity index (χ1n) is 9.47. The van der Waals surface area contributed by atoms with Gasteiger partial charge in [0.15, 0.2) is 11.5 Å². The van der Waals surface area contributed by atoms with Crippen molar-refractivity contribution in [1.82, 2.24) is 5.32 Å². The average Bonchev–Trinajstić information content (AvgIpc) is 2.78. The number of ether oxygens (including phenoxy) is 3. The minimum Gasteiger partial charge on any atom is -0.496 e. The van der Waals surface area contributed by atoms with E-state index in [1.807, 2.05) is 13.0 Å². The molecule has 1 amide bonds. The van der Waals surface area contributed by atoms with Crippen molar-refractivity contribution >= 4 is 18.0 Å². The fraction of sp³-hybridized carbons (Fsp3) is 0.261. The number of nitriles is 1. The van der Waals surface area contributed by atoms with E-state index in [1.165, 1.54) is 20.3 Å². The van der Waals surface area contributed by atoms with E-state index in [0.717, 1.165) is 12.8 Å². The number of amides is 1. The minimum atomic E-state index is -0.595. The van der Waals surface area contributed by atoms with Crippen LogP contribution < -0.4 is 19.5 Å². The highest BCUT2D eigenvalue weighted by molar-refractivity contribution is 6.01. The number of para-hydroxylation sites is 1. The van der Waals surface area contributed by atoms with Crippen molar-refractivity contribution in [3.05, 3.63) is 59.2 Å². The van der Waals surface area contributed by atoms with Crippen LogP contribution in [-0.4, -0.2) is 32.6 Å². The van der Waals surface area contributed by atoms with Gasteiger partial charge in [0.05, 0.1) is 14.2 Å². The largest absolute Gasteiger partial charge is 0.496 e. The molecule has 0 saturated heterocycles. The van der Waals surface area contributed by atoms with E-state index < -0.39 is 11.9 Å². The zero-order chi connectivity index (χ0) is 21.9. The Labute approximate surface area is 175 Å². The van der Waals surface area contributed by atoms with Gasteiger partial charge < -0.3 is 19.5 Å². The van der Waals surface area contributed by atoms with Crippen LogP contribution in [-0.2, 0) is 4.79 Å². The summed E-state index contributed by atoms with van der Waals surface area (Å²) in [5.41, 5.74) is 0.819. The molecule has 0 aliphatic rings. The maximum Gasteiger partial charge on any atom is 0.347 e. The van der Waals surface area contributed by atoms with Crippen molar-refractivity contribution in [2.45, 2.75) is 19.8 Å². The molecule has 2 rings (SSSR count). The number of methoxy groups -OCH3 is 2. The standard InChI is InChI=1S/C23H24N2O5/c1-4-5-12-25-22(26)17(15-24)13-16-10-11-20(21(14-16)29-3)30-23(27)18-8-6-7-9-19(18)28-2/h6-11,13-14H,4-5,12H2,1-3H3,(H,25,26)/b17-13+. The Morgan fingerprint density at radius 3 is 2.47 bits per heavy atom. The summed E-state index contributed by atoms with van der Waals surface area (Å²) < 4.78 is 16.0. The Morgan fingerprint density at radius 1 is 1.07 bits per heavy atom. The lowest BCUT2D eigenvalue weighted by Gasteiger charge is -2.12. The van der Waals surface area contributed by atoms with Crippen LogP contribution in [0.1, 0.15) is 35.7 Å². The molecule has 0 unspecified atom stereocenters. The number of unbranched alkanes of at least 4 members (excludes halogenated alkanes) is 1. The molecule has 2 aromatic carbocycles. The van der Waals surface area contributed by atoms with Gasteiger partial charge in [0.2, 0.25) is 0 Å². The molecule has 0 saturated carbocycles. The molecular formula is C23H24N2O5. The number of hydrogen-bond donors (Lipinski definition) is 1. The quantitative estimate of drug-likeness (QED) is 0.223. The molecule has 0 aromatic heterocycles. The second kappa shape index (κ2) is 11.3. The Kier molecular flexibility index (Phi) is 8.45. The number of benzene rings is 2. The van der Waals surface area contributed by atoms with E-state index in [2.05, 4.69) is 5.32 Å². The fourth-order valence-corrected chi connectivity index (χ4v) is 2.62. The van der Waals surface area contributed by atoms with E-state index in [4.69, 9.17) is 14.2 Å². The minimum absolute atomic E-state index is 0.0214. The molecule has 7 nitrogen and oxygen atoms in total. The number of carbonyl (C=O) groups excluding carboxylic acids is 2. The summed E-state index contributed by atoms with van der Waals surface area (Å²) >= 11 is 0. The van der Waals surface area contributed by atoms with Gasteiger partial charge in [-0.1, -0.05) is 31.5 Å². The van der Waals surface area contributed by atoms with Crippen LogP contribution in [0.4, 0.5) is 0 Å². The first-order chi connectivity index (χ1) is 14.5. The monoisotopic (exact) mass is 408 g/mol. The molecule has 1 N–H and O–H groups in total. The maximum absolute atomic E-state index is 12.5. The van der Waals surface area contributed by atoms with Gasteiger partial charge in [0.25, 0.3) is 5.91 Å². The molecule has 0 spiro atoms. The van der Waals surface area contributed by atoms with Crippen LogP contribution in [0.15, 0.2) is 48.0 Å². The third-order valence-corrected chi connectivity index (χ3v) is 4.21. The lowest BCUT2D eigenvalue weighted by Crippen LogP contribution is -2.25. The predicted molar refractivity (Wildman–Crippen MR) is 112 cm³/mol. The van der Waals surface area contributed by atoms with Crippen molar-refractivity contribution in [3.63, 3.8) is 0 Å². The van der Waals surface area contributed by atoms with Crippen LogP contribution >= 0.6 is 0 Å². The molecule has 0 heterocycles. The first kappa shape index (κ1) is 22.5. The normalized spacial score (nSPS) is 10.7. The van der Waals surface area contributed by atoms with E-state index in [9.17, 15) is 14.9 Å². The number of nitrogens with one attached hydrogen (secondary N) is 1. The SMILES string of the molecule is CCCCNC(=O)/C(C#N)=C/c1ccc(OC(=O)c2ccccc2OC)c(OC)c1. The lowest BCUT2D eigenvalue weighted by molar-refractivity contribution is -0.117. The highest BCUT2D eigenvalue weighted by Crippen LogP contribution is 2.30. The summed E-state index contributed by atoms with van der Waals surface area (Å²) in [6, 6.07) is 13.4. The number of hydrogen-bond acceptors (Lipinski definition) is 6. The summed E-state index contributed by atoms with van der Waals surface area (Å²) in [5.74, 6) is -0.139. The van der Waals surface area contributed by atoms with Crippen molar-refractivity contribution in [1.29, 1.82) is 5.26 Å². The third-order valence-electron chi connectivity index (χ3n) is 4.21. The van der Waals surface area contributed by atoms with Crippen LogP contribution in [0.5, 0.6) is 17.2 Å². The van der Waals surface area contributed by atoms with Crippen molar-refractivity contribution in [2.24, 2.45) is 0 Å². The summed E-state index contributed by atoms with van der Waals surface area (Å²) in [7, 11) is 2.91. The topological polar surface area (TPSA) is 97.7 Å². The van der Waals surface area contributed by atoms with Crippen LogP contribution in [0.3, 0.4) is 0 Å². The molecular weight excluding hydrogens is 384 g/mol. The summed E-state index contributed by atoms with van der Waals surface area (Å²) in [5, 5.41) is 12.0. The third kappa shape index (κ3) is 5.85. The molecule has 0 aliphatic carbocycles. The zero-order valence-electron chi connectivity index (χ0n) is 17.2. The van der Waals surface area contributed by atoms with Crippen molar-refractivity contribution in [2.75, 3.05) is 20.8 Å². The lowest BCUT2D eigenvalue weighted by atomic mass is 10.1. The second-order valence-electron chi connectivity index (χ2n) is 6.28. The number of nitrogens with zero attached hydrogens (tertiary/aromatic N) is 1. The maximum atomic E-state index is 12.5. The Balaban J connectivity index is 2.22. The Bertz CT molecular complexity index is 976. The highest BCUT2D eigenvalue weighted by atomic mass is 16.6. The number of carbonyl (C=O) groups is 2. The van der Waals surface area contributed by atoms with Crippen LogP contribution in [0, 0.1) is 11.3 Å². The van der Waals surface area contributed by atoms with Gasteiger partial charge in [-0.3, -0.25) is 4.79 Å². The van der Waals surface area contributed by atoms with E-state index >= 15 is 0 Å². The molecule has 0 atom stereocenters. The van der Waals surface area contributed by atoms with Gasteiger partial charge in [0.1, 0.15) is 23.0 Å². The number of rotatable bonds is 9. The van der Waals surface area contributed by atoms with Gasteiger partial charge in [0, 0.05) is 6.54 Å². The average molecular weight is 408 g/mol. The molecule has 0 bridgehead atoms. The van der Waals surface area contributed by atoms with Crippen molar-refractivity contribution < 1.29 is 23.8 Å². The highest BCUT2D eigenvalue weighted by Gasteiger charge is 2.17. The van der Waals surface area contributed by atoms with Crippen molar-refractivity contribution in [3.8, 4) is 23.3 Å². The van der Waals surface area contributed by atoms with Gasteiger partial charge in [-0.05, 0) is 42.3 Å². The second-order valence-corrected chi connectivity index (χ2v) is 6.28. The predicted octanol–water partition coefficient (Wildman–Crippen LogP) is 3.75. The van der Waals surface area contributed by atoms with Gasteiger partial charge >= 0.3 is 5.97 Å². The van der Waals surface area contributed by atoms with E-state index in [0.29, 0.717) is 17.9 Å². The smallest absolute Gasteiger partial charge is 0.347 e. The van der Waals surface area contributed by atoms with E-state index in [1.54, 1.807) is 42.5 Å². The Morgan fingerprint density at radius 2 is 1.80 bits per heavy atom. The molecule has 7 heteroatoms. The Hall–Kier alpha value is -3.79. The summed E-state index contributed by atoms with van der Waals surface area (Å²) in [6.45, 7) is 2.53. The summed E-state index contributed by atoms with van der Waals surface area (Å²) in [4.78, 5) is 24.6. The van der Waals surface area contributed by atoms with Crippen LogP contribution in [0.25, 0.3) is 6.08 Å².